The van der Waals surface area contributed by atoms with Crippen LogP contribution in [0.15, 0.2) is 23.0 Å². The molecule has 2 unspecified atom stereocenters. The number of nitrogens with zero attached hydrogens (tertiary/aromatic N) is 1. The quantitative estimate of drug-likeness (QED) is 0.765. The number of aliphatic hydroxyl groups is 1. The molecular weight excluding hydrogens is 242 g/mol. The zero-order valence-electron chi connectivity index (χ0n) is 17.1. The first kappa shape index (κ1) is 6.72. The number of rotatable bonds is 2. The maximum Gasteiger partial charge on any atom is 0.326 e. The summed E-state index contributed by atoms with van der Waals surface area (Å²) in [6, 6.07) is 0.915. The van der Waals surface area contributed by atoms with Gasteiger partial charge in [0.1, 0.15) is 0 Å². The van der Waals surface area contributed by atoms with E-state index in [9.17, 15) is 9.90 Å². The summed E-state index contributed by atoms with van der Waals surface area (Å²) in [5.41, 5.74) is 1.02. The molecule has 3 N–H and O–H groups in total. The van der Waals surface area contributed by atoms with E-state index in [2.05, 4.69) is 10.3 Å². The van der Waals surface area contributed by atoms with Gasteiger partial charge >= 0.3 is 5.69 Å². The lowest BCUT2D eigenvalue weighted by atomic mass is 9.99. The second-order valence-electron chi connectivity index (χ2n) is 4.68. The summed E-state index contributed by atoms with van der Waals surface area (Å²) in [6.45, 7) is -6.16. The summed E-state index contributed by atoms with van der Waals surface area (Å²) in [5.74, 6) is 0. The lowest BCUT2D eigenvalue weighted by Crippen LogP contribution is -2.39. The van der Waals surface area contributed by atoms with Gasteiger partial charge in [0.15, 0.2) is 0 Å². The molecule has 0 spiro atoms. The Labute approximate surface area is 121 Å². The minimum atomic E-state index is -3.15. The fraction of sp³-hybridized carbons (Fsp3) is 0.500. The molecule has 0 aliphatic carbocycles. The Balaban J connectivity index is 2.05. The highest BCUT2D eigenvalue weighted by atomic mass is 16.3. The van der Waals surface area contributed by atoms with Crippen LogP contribution in [0, 0.1) is 0 Å². The second kappa shape index (κ2) is 4.51. The largest absolute Gasteiger partial charge is 0.387 e. The number of nitrogens with one attached hydrogen (secondary N) is 2. The predicted octanol–water partition coefficient (Wildman–Crippen LogP) is 1.13. The Morgan fingerprint density at radius 2 is 2.47 bits per heavy atom. The maximum atomic E-state index is 12.1. The smallest absolute Gasteiger partial charge is 0.326 e. The molecule has 0 amide bonds. The van der Waals surface area contributed by atoms with Crippen LogP contribution in [-0.4, -0.2) is 26.7 Å². The number of aliphatic hydroxyl groups excluding tert-OH is 1. The van der Waals surface area contributed by atoms with Gasteiger partial charge in [-0.15, -0.1) is 0 Å². The van der Waals surface area contributed by atoms with Crippen LogP contribution in [0.1, 0.15) is 41.4 Å². The summed E-state index contributed by atoms with van der Waals surface area (Å²) in [7, 11) is 0. The molecule has 0 saturated carbocycles. The van der Waals surface area contributed by atoms with Crippen molar-refractivity contribution in [1.82, 2.24) is 14.9 Å². The van der Waals surface area contributed by atoms with E-state index in [-0.39, 0.29) is 18.7 Å². The third-order valence-corrected chi connectivity index (χ3v) is 3.52. The third-order valence-electron chi connectivity index (χ3n) is 3.52. The van der Waals surface area contributed by atoms with Gasteiger partial charge in [0, 0.05) is 33.8 Å². The lowest BCUT2D eigenvalue weighted by molar-refractivity contribution is 0.121. The molecular formula is C14H19N3O2. The van der Waals surface area contributed by atoms with Gasteiger partial charge in [0.05, 0.1) is 17.1 Å². The van der Waals surface area contributed by atoms with Crippen LogP contribution in [-0.2, 0) is 6.54 Å². The van der Waals surface area contributed by atoms with E-state index in [1.807, 2.05) is 0 Å². The van der Waals surface area contributed by atoms with Gasteiger partial charge in [0.25, 0.3) is 0 Å². The van der Waals surface area contributed by atoms with E-state index in [4.69, 9.17) is 9.60 Å². The van der Waals surface area contributed by atoms with E-state index in [0.29, 0.717) is 16.6 Å². The minimum absolute atomic E-state index is 0.0789. The van der Waals surface area contributed by atoms with Crippen molar-refractivity contribution in [2.75, 3.05) is 0 Å². The second-order valence-corrected chi connectivity index (χ2v) is 4.68. The van der Waals surface area contributed by atoms with Gasteiger partial charge in [-0.2, -0.15) is 0 Å². The van der Waals surface area contributed by atoms with Gasteiger partial charge in [-0.3, -0.25) is 4.57 Å². The normalized spacial score (nSPS) is 30.3. The molecule has 1 aromatic carbocycles. The Hall–Kier alpha value is -1.59. The Kier molecular flexibility index (Phi) is 1.59. The molecule has 0 radical (unpaired) electrons. The Bertz CT molecular complexity index is 869. The summed E-state index contributed by atoms with van der Waals surface area (Å²) in [5, 5.41) is 13.1. The van der Waals surface area contributed by atoms with E-state index in [1.165, 1.54) is 4.57 Å². The van der Waals surface area contributed by atoms with Crippen LogP contribution in [0.5, 0.6) is 0 Å². The number of hydrogen-bond donors (Lipinski definition) is 3. The van der Waals surface area contributed by atoms with Gasteiger partial charge in [-0.25, -0.2) is 4.79 Å². The number of imidazole rings is 1. The van der Waals surface area contributed by atoms with Crippen molar-refractivity contribution in [2.45, 2.75) is 44.8 Å². The number of hydrogen-bond acceptors (Lipinski definition) is 3. The number of aryl methyl sites for hydroxylation is 1. The van der Waals surface area contributed by atoms with E-state index in [0.717, 1.165) is 0 Å². The Morgan fingerprint density at radius 3 is 3.26 bits per heavy atom. The number of H-pyrrole nitrogens is 1. The summed E-state index contributed by atoms with van der Waals surface area (Å²) >= 11 is 0. The first-order valence-electron chi connectivity index (χ1n) is 9.54. The van der Waals surface area contributed by atoms with E-state index in [1.54, 1.807) is 18.2 Å². The standard InChI is InChI=1S/C14H19N3O2/c1-8(2)15-11-6-7-17-12-9(13(11)18)4-3-5-10(12)16-14(17)19/h3-5,8,11,13,15,18H,6-7H2,1-2H3,(H,16,19)/i1D3,2D3,8D. The number of para-hydroxylation sites is 1. The van der Waals surface area contributed by atoms with Gasteiger partial charge in [0.2, 0.25) is 0 Å². The predicted molar refractivity (Wildman–Crippen MR) is 74.2 cm³/mol. The molecule has 1 aliphatic rings. The number of aromatic amines is 1. The van der Waals surface area contributed by atoms with Crippen molar-refractivity contribution in [1.29, 1.82) is 0 Å². The van der Waals surface area contributed by atoms with Gasteiger partial charge in [-0.05, 0) is 12.5 Å². The molecule has 1 aromatic heterocycles. The maximum absolute atomic E-state index is 12.1. The molecule has 5 heteroatoms. The van der Waals surface area contributed by atoms with Crippen LogP contribution in [0.3, 0.4) is 0 Å². The van der Waals surface area contributed by atoms with Gasteiger partial charge in [-0.1, -0.05) is 25.8 Å². The van der Waals surface area contributed by atoms with E-state index < -0.39 is 31.9 Å². The lowest BCUT2D eigenvalue weighted by Gasteiger charge is -2.24. The fourth-order valence-corrected chi connectivity index (χ4v) is 2.68. The summed E-state index contributed by atoms with van der Waals surface area (Å²) in [6.07, 6.45) is -1.20. The number of benzene rings is 1. The topological polar surface area (TPSA) is 70.0 Å². The molecule has 2 aromatic rings. The molecule has 3 rings (SSSR count). The van der Waals surface area contributed by atoms with Crippen molar-refractivity contribution >= 4 is 11.0 Å². The molecule has 0 saturated heterocycles. The SMILES string of the molecule is [2H]C([2H])([2H])C([2H])(NC1CCn2c(=O)[nH]c3cccc(c32)C1O)C([2H])([2H])[2H]. The monoisotopic (exact) mass is 268 g/mol. The highest BCUT2D eigenvalue weighted by molar-refractivity contribution is 5.79. The van der Waals surface area contributed by atoms with Crippen LogP contribution < -0.4 is 11.0 Å². The fourth-order valence-electron chi connectivity index (χ4n) is 2.68. The average Bonchev–Trinajstić information content (AvgIpc) is 2.75. The van der Waals surface area contributed by atoms with E-state index >= 15 is 0 Å². The molecule has 0 fully saturated rings. The van der Waals surface area contributed by atoms with Crippen LogP contribution in [0.4, 0.5) is 0 Å². The minimum Gasteiger partial charge on any atom is -0.387 e. The average molecular weight is 268 g/mol. The zero-order chi connectivity index (χ0) is 19.5. The van der Waals surface area contributed by atoms with Crippen LogP contribution >= 0.6 is 0 Å². The van der Waals surface area contributed by atoms with Crippen molar-refractivity contribution in [3.05, 3.63) is 34.2 Å². The molecule has 102 valence electrons. The molecule has 0 bridgehead atoms. The van der Waals surface area contributed by atoms with Crippen molar-refractivity contribution in [3.8, 4) is 0 Å². The molecule has 1 aliphatic heterocycles. The summed E-state index contributed by atoms with van der Waals surface area (Å²) < 4.78 is 54.6. The Morgan fingerprint density at radius 1 is 1.63 bits per heavy atom. The van der Waals surface area contributed by atoms with Crippen molar-refractivity contribution in [3.63, 3.8) is 0 Å². The van der Waals surface area contributed by atoms with Crippen molar-refractivity contribution < 1.29 is 14.7 Å². The van der Waals surface area contributed by atoms with Crippen molar-refractivity contribution in [2.24, 2.45) is 0 Å². The van der Waals surface area contributed by atoms with Crippen LogP contribution in [0.2, 0.25) is 0 Å². The number of aromatic nitrogens is 2. The molecule has 2 heterocycles. The first-order valence-corrected chi connectivity index (χ1v) is 6.04. The highest BCUT2D eigenvalue weighted by Crippen LogP contribution is 2.29. The molecule has 5 nitrogen and oxygen atoms in total. The third kappa shape index (κ3) is 1.99. The molecule has 2 atom stereocenters. The summed E-state index contributed by atoms with van der Waals surface area (Å²) in [4.78, 5) is 14.8. The highest BCUT2D eigenvalue weighted by Gasteiger charge is 2.28. The van der Waals surface area contributed by atoms with Crippen LogP contribution in [0.25, 0.3) is 11.0 Å². The van der Waals surface area contributed by atoms with Gasteiger partial charge < -0.3 is 15.4 Å². The molecule has 19 heavy (non-hydrogen) atoms. The first-order chi connectivity index (χ1) is 11.9. The zero-order valence-corrected chi connectivity index (χ0v) is 10.1.